The van der Waals surface area contributed by atoms with Crippen molar-refractivity contribution >= 4 is 123 Å². The van der Waals surface area contributed by atoms with E-state index in [1.54, 1.807) is 36.4 Å². The van der Waals surface area contributed by atoms with E-state index in [0.717, 1.165) is 16.2 Å². The Hall–Kier alpha value is -1.78. The highest BCUT2D eigenvalue weighted by molar-refractivity contribution is 9.11. The molecule has 3 heterocycles. The molecule has 0 radical (unpaired) electrons. The Morgan fingerprint density at radius 1 is 0.526 bits per heavy atom. The van der Waals surface area contributed by atoms with Crippen LogP contribution in [-0.4, -0.2) is 14.2 Å². The van der Waals surface area contributed by atoms with Crippen LogP contribution in [0.2, 0.25) is 15.5 Å². The zero-order chi connectivity index (χ0) is 26.8. The molecule has 7 nitrogen and oxygen atoms in total. The molecule has 6 rings (SSSR count). The number of nitrogens with zero attached hydrogens (tertiary/aromatic N) is 3. The standard InChI is InChI=1S/C24H12Br3Cl3N3O4P/c25-19-13-7-1-4-10-16(13)31(22(19)28)35-38(34,36-32-17-11-5-2-8-14(17)20(26)23(32)29)37-33-18-12-6-3-9-15(18)21(27)24(33)30/h1-12H. The lowest BCUT2D eigenvalue weighted by Crippen LogP contribution is -2.25. The molecule has 0 fully saturated rings. The van der Waals surface area contributed by atoms with Gasteiger partial charge in [0, 0.05) is 16.2 Å². The fourth-order valence-corrected chi connectivity index (χ4v) is 7.53. The van der Waals surface area contributed by atoms with Crippen molar-refractivity contribution in [3.05, 3.63) is 102 Å². The van der Waals surface area contributed by atoms with Crippen LogP contribution >= 0.6 is 90.4 Å². The molecule has 194 valence electrons. The molecule has 0 aliphatic heterocycles. The summed E-state index contributed by atoms with van der Waals surface area (Å²) in [4.78, 5) is 0. The summed E-state index contributed by atoms with van der Waals surface area (Å²) in [5.74, 6) is 0. The Morgan fingerprint density at radius 3 is 1.08 bits per heavy atom. The van der Waals surface area contributed by atoms with Gasteiger partial charge in [0.2, 0.25) is 0 Å². The summed E-state index contributed by atoms with van der Waals surface area (Å²) in [5, 5.41) is 2.53. The molecule has 0 N–H and O–H groups in total. The normalized spacial score (nSPS) is 12.1. The smallest absolute Gasteiger partial charge is 0.289 e. The van der Waals surface area contributed by atoms with Gasteiger partial charge in [0.25, 0.3) is 0 Å². The molecule has 0 bridgehead atoms. The summed E-state index contributed by atoms with van der Waals surface area (Å²) in [5.41, 5.74) is 1.56. The maximum Gasteiger partial charge on any atom is 0.705 e. The van der Waals surface area contributed by atoms with E-state index in [4.69, 9.17) is 48.7 Å². The molecule has 0 aliphatic rings. The summed E-state index contributed by atoms with van der Waals surface area (Å²) in [7, 11) is -4.67. The van der Waals surface area contributed by atoms with Gasteiger partial charge < -0.3 is 0 Å². The number of aromatic nitrogens is 3. The highest BCUT2D eigenvalue weighted by atomic mass is 79.9. The van der Waals surface area contributed by atoms with E-state index < -0.39 is 7.82 Å². The molecule has 0 unspecified atom stereocenters. The van der Waals surface area contributed by atoms with Crippen LogP contribution in [0.5, 0.6) is 0 Å². The largest absolute Gasteiger partial charge is 0.705 e. The van der Waals surface area contributed by atoms with Gasteiger partial charge >= 0.3 is 7.82 Å². The summed E-state index contributed by atoms with van der Waals surface area (Å²) in [6.07, 6.45) is 0. The molecule has 6 aromatic rings. The first-order chi connectivity index (χ1) is 18.2. The summed E-state index contributed by atoms with van der Waals surface area (Å²) in [6.45, 7) is 0. The van der Waals surface area contributed by atoms with E-state index >= 15 is 0 Å². The van der Waals surface area contributed by atoms with Gasteiger partial charge in [0.05, 0.1) is 30.0 Å². The molecule has 0 amide bonds. The molecule has 0 aliphatic carbocycles. The lowest BCUT2D eigenvalue weighted by molar-refractivity contribution is 0.0992. The quantitative estimate of drug-likeness (QED) is 0.158. The third-order valence-electron chi connectivity index (χ3n) is 5.70. The minimum atomic E-state index is -4.67. The van der Waals surface area contributed by atoms with Crippen LogP contribution in [0, 0.1) is 0 Å². The molecule has 3 aromatic carbocycles. The van der Waals surface area contributed by atoms with E-state index in [2.05, 4.69) is 47.8 Å². The number of rotatable bonds is 6. The van der Waals surface area contributed by atoms with Gasteiger partial charge in [-0.1, -0.05) is 89.4 Å². The van der Waals surface area contributed by atoms with E-state index in [1.165, 1.54) is 14.2 Å². The van der Waals surface area contributed by atoms with Gasteiger partial charge in [-0.3, -0.25) is 13.9 Å². The van der Waals surface area contributed by atoms with Crippen molar-refractivity contribution in [3.63, 3.8) is 0 Å². The first kappa shape index (κ1) is 26.4. The average Bonchev–Trinajstić information content (AvgIpc) is 3.42. The predicted molar refractivity (Wildman–Crippen MR) is 161 cm³/mol. The Labute approximate surface area is 255 Å². The molecule has 0 atom stereocenters. The van der Waals surface area contributed by atoms with Crippen LogP contribution in [0.25, 0.3) is 32.7 Å². The van der Waals surface area contributed by atoms with Gasteiger partial charge in [-0.25, -0.2) is 0 Å². The third kappa shape index (κ3) is 4.25. The second-order valence-corrected chi connectivity index (χ2v) is 12.8. The molecule has 3 aromatic heterocycles. The van der Waals surface area contributed by atoms with Crippen LogP contribution in [-0.2, 0) is 4.57 Å². The molecule has 38 heavy (non-hydrogen) atoms. The van der Waals surface area contributed by atoms with Crippen molar-refractivity contribution in [3.8, 4) is 0 Å². The van der Waals surface area contributed by atoms with Gasteiger partial charge in [-0.05, 0) is 66.0 Å². The average molecular weight is 783 g/mol. The number of para-hydroxylation sites is 3. The van der Waals surface area contributed by atoms with Crippen molar-refractivity contribution < 1.29 is 18.4 Å². The van der Waals surface area contributed by atoms with Gasteiger partial charge in [0.1, 0.15) is 0 Å². The topological polar surface area (TPSA) is 59.6 Å². The van der Waals surface area contributed by atoms with Crippen LogP contribution in [0.1, 0.15) is 0 Å². The maximum absolute atomic E-state index is 14.6. The van der Waals surface area contributed by atoms with E-state index in [-0.39, 0.29) is 15.5 Å². The zero-order valence-electron chi connectivity index (χ0n) is 18.6. The highest BCUT2D eigenvalue weighted by Gasteiger charge is 2.40. The van der Waals surface area contributed by atoms with Crippen molar-refractivity contribution in [2.45, 2.75) is 0 Å². The zero-order valence-corrected chi connectivity index (χ0v) is 26.5. The van der Waals surface area contributed by atoms with Gasteiger partial charge in [0.15, 0.2) is 15.5 Å². The highest BCUT2D eigenvalue weighted by Crippen LogP contribution is 2.47. The van der Waals surface area contributed by atoms with Crippen LogP contribution in [0.15, 0.2) is 86.2 Å². The van der Waals surface area contributed by atoms with Crippen molar-refractivity contribution in [2.24, 2.45) is 0 Å². The summed E-state index contributed by atoms with van der Waals surface area (Å²) in [6, 6.07) is 21.6. The van der Waals surface area contributed by atoms with Gasteiger partial charge in [-0.15, -0.1) is 0 Å². The second-order valence-electron chi connectivity index (χ2n) is 7.94. The SMILES string of the molecule is O=P(On1c(Cl)c(Br)c2ccccc21)(On1c(Cl)c(Br)c2ccccc21)On1c(Cl)c(Br)c2ccccc21. The first-order valence-corrected chi connectivity index (χ1v) is 15.7. The number of hydrogen-bond donors (Lipinski definition) is 0. The fourth-order valence-electron chi connectivity index (χ4n) is 4.01. The van der Waals surface area contributed by atoms with Crippen LogP contribution in [0.4, 0.5) is 0 Å². The predicted octanol–water partition coefficient (Wildman–Crippen LogP) is 9.59. The third-order valence-corrected chi connectivity index (χ3v) is 10.9. The fraction of sp³-hybridized carbons (Fsp3) is 0. The maximum atomic E-state index is 14.6. The molecule has 14 heteroatoms. The number of fused-ring (bicyclic) bond motifs is 3. The number of phosphoric acid groups is 1. The number of halogens is 6. The number of hydrogen-bond acceptors (Lipinski definition) is 4. The Bertz CT molecular complexity index is 1720. The molecule has 0 saturated carbocycles. The molecule has 0 spiro atoms. The van der Waals surface area contributed by atoms with Crippen molar-refractivity contribution in [1.29, 1.82) is 0 Å². The minimum absolute atomic E-state index is 0.118. The first-order valence-electron chi connectivity index (χ1n) is 10.7. The van der Waals surface area contributed by atoms with Crippen molar-refractivity contribution in [1.82, 2.24) is 14.2 Å². The molecule has 0 saturated heterocycles. The molecular weight excluding hydrogens is 771 g/mol. The Balaban J connectivity index is 1.54. The lowest BCUT2D eigenvalue weighted by Gasteiger charge is -2.21. The lowest BCUT2D eigenvalue weighted by atomic mass is 10.3. The van der Waals surface area contributed by atoms with E-state index in [1.807, 2.05) is 36.4 Å². The summed E-state index contributed by atoms with van der Waals surface area (Å²) >= 11 is 30.2. The second kappa shape index (κ2) is 10.0. The van der Waals surface area contributed by atoms with Gasteiger partial charge in [-0.2, -0.15) is 18.8 Å². The van der Waals surface area contributed by atoms with Crippen LogP contribution in [0.3, 0.4) is 0 Å². The van der Waals surface area contributed by atoms with Crippen molar-refractivity contribution in [2.75, 3.05) is 0 Å². The Morgan fingerprint density at radius 2 is 0.789 bits per heavy atom. The van der Waals surface area contributed by atoms with E-state index in [0.29, 0.717) is 30.0 Å². The molecular formula is C24H12Br3Cl3N3O4P. The van der Waals surface area contributed by atoms with E-state index in [9.17, 15) is 4.57 Å². The number of benzene rings is 3. The Kier molecular flexibility index (Phi) is 6.96. The minimum Gasteiger partial charge on any atom is -0.289 e. The summed E-state index contributed by atoms with van der Waals surface area (Å²) < 4.78 is 37.7. The van der Waals surface area contributed by atoms with Crippen LogP contribution < -0.4 is 13.9 Å². The monoisotopic (exact) mass is 779 g/mol.